The molecular formula is C16H22N2O3. The van der Waals surface area contributed by atoms with E-state index < -0.39 is 0 Å². The van der Waals surface area contributed by atoms with Gasteiger partial charge in [0.25, 0.3) is 0 Å². The molecule has 1 aliphatic carbocycles. The zero-order valence-corrected chi connectivity index (χ0v) is 12.2. The molecule has 5 heteroatoms. The third-order valence-corrected chi connectivity index (χ3v) is 4.49. The molecule has 0 aromatic carbocycles. The summed E-state index contributed by atoms with van der Waals surface area (Å²) >= 11 is 0. The van der Waals surface area contributed by atoms with Crippen LogP contribution in [0.15, 0.2) is 22.8 Å². The Bertz CT molecular complexity index is 492. The molecule has 114 valence electrons. The lowest BCUT2D eigenvalue weighted by Crippen LogP contribution is -2.48. The van der Waals surface area contributed by atoms with Crippen molar-refractivity contribution in [3.63, 3.8) is 0 Å². The van der Waals surface area contributed by atoms with Crippen molar-refractivity contribution in [2.75, 3.05) is 0 Å². The van der Waals surface area contributed by atoms with Crippen LogP contribution in [0.5, 0.6) is 0 Å². The van der Waals surface area contributed by atoms with Crippen LogP contribution in [0.1, 0.15) is 50.7 Å². The normalized spacial score (nSPS) is 23.5. The fourth-order valence-electron chi connectivity index (χ4n) is 3.32. The zero-order valence-electron chi connectivity index (χ0n) is 12.2. The summed E-state index contributed by atoms with van der Waals surface area (Å²) in [5, 5.41) is 3.13. The molecule has 1 atom stereocenters. The molecule has 0 bridgehead atoms. The van der Waals surface area contributed by atoms with Gasteiger partial charge < -0.3 is 14.6 Å². The first-order valence-corrected chi connectivity index (χ1v) is 7.86. The summed E-state index contributed by atoms with van der Waals surface area (Å²) in [6.45, 7) is 0.384. The number of carbonyl (C=O) groups excluding carboxylic acids is 2. The second-order valence-electron chi connectivity index (χ2n) is 6.00. The predicted molar refractivity (Wildman–Crippen MR) is 77.3 cm³/mol. The second-order valence-corrected chi connectivity index (χ2v) is 6.00. The van der Waals surface area contributed by atoms with E-state index in [1.165, 1.54) is 19.3 Å². The molecule has 0 radical (unpaired) electrons. The molecule has 2 aliphatic rings. The van der Waals surface area contributed by atoms with Gasteiger partial charge >= 0.3 is 0 Å². The number of hydrogen-bond donors (Lipinski definition) is 1. The number of nitrogens with zero attached hydrogens (tertiary/aromatic N) is 1. The molecule has 0 unspecified atom stereocenters. The third kappa shape index (κ3) is 3.28. The van der Waals surface area contributed by atoms with Gasteiger partial charge in [0.15, 0.2) is 0 Å². The highest BCUT2D eigenvalue weighted by Gasteiger charge is 2.37. The second kappa shape index (κ2) is 6.33. The maximum Gasteiger partial charge on any atom is 0.243 e. The first kappa shape index (κ1) is 14.2. The van der Waals surface area contributed by atoms with Crippen LogP contribution in [0.4, 0.5) is 0 Å². The van der Waals surface area contributed by atoms with Crippen molar-refractivity contribution in [1.29, 1.82) is 0 Å². The molecule has 2 fully saturated rings. The zero-order chi connectivity index (χ0) is 14.7. The Hall–Kier alpha value is -1.78. The molecule has 2 heterocycles. The maximum atomic E-state index is 12.5. The SMILES string of the molecule is O=C(NC1CCCCC1)[C@H]1CCC(=O)N1Cc1ccco1. The molecule has 1 aromatic rings. The van der Waals surface area contributed by atoms with Gasteiger partial charge in [-0.25, -0.2) is 0 Å². The Morgan fingerprint density at radius 2 is 2.10 bits per heavy atom. The van der Waals surface area contributed by atoms with E-state index in [-0.39, 0.29) is 23.9 Å². The first-order chi connectivity index (χ1) is 10.2. The summed E-state index contributed by atoms with van der Waals surface area (Å²) < 4.78 is 5.30. The van der Waals surface area contributed by atoms with Crippen molar-refractivity contribution in [2.45, 2.75) is 63.6 Å². The molecule has 1 saturated heterocycles. The lowest BCUT2D eigenvalue weighted by Gasteiger charge is -2.27. The minimum Gasteiger partial charge on any atom is -0.467 e. The Kier molecular flexibility index (Phi) is 4.27. The van der Waals surface area contributed by atoms with Gasteiger partial charge in [0.1, 0.15) is 11.8 Å². The van der Waals surface area contributed by atoms with Crippen molar-refractivity contribution in [3.05, 3.63) is 24.2 Å². The topological polar surface area (TPSA) is 62.6 Å². The van der Waals surface area contributed by atoms with E-state index in [0.717, 1.165) is 18.6 Å². The van der Waals surface area contributed by atoms with Gasteiger partial charge in [-0.2, -0.15) is 0 Å². The number of nitrogens with one attached hydrogen (secondary N) is 1. The standard InChI is InChI=1S/C16H22N2O3/c19-15-9-8-14(18(15)11-13-7-4-10-21-13)16(20)17-12-5-2-1-3-6-12/h4,7,10,12,14H,1-3,5-6,8-9,11H2,(H,17,20)/t14-/m1/s1. The van der Waals surface area contributed by atoms with E-state index in [1.54, 1.807) is 17.2 Å². The Balaban J connectivity index is 1.62. The Morgan fingerprint density at radius 1 is 1.29 bits per heavy atom. The van der Waals surface area contributed by atoms with Gasteiger partial charge in [-0.15, -0.1) is 0 Å². The smallest absolute Gasteiger partial charge is 0.243 e. The minimum absolute atomic E-state index is 0.000642. The number of rotatable bonds is 4. The molecular weight excluding hydrogens is 268 g/mol. The number of amides is 2. The number of likely N-dealkylation sites (tertiary alicyclic amines) is 1. The van der Waals surface area contributed by atoms with Crippen molar-refractivity contribution in [3.8, 4) is 0 Å². The largest absolute Gasteiger partial charge is 0.467 e. The lowest BCUT2D eigenvalue weighted by molar-refractivity contribution is -0.136. The van der Waals surface area contributed by atoms with Crippen molar-refractivity contribution < 1.29 is 14.0 Å². The summed E-state index contributed by atoms with van der Waals surface area (Å²) in [4.78, 5) is 26.1. The maximum absolute atomic E-state index is 12.5. The van der Waals surface area contributed by atoms with Gasteiger partial charge in [-0.3, -0.25) is 9.59 Å². The fourth-order valence-corrected chi connectivity index (χ4v) is 3.32. The van der Waals surface area contributed by atoms with E-state index in [4.69, 9.17) is 4.42 Å². The van der Waals surface area contributed by atoms with Gasteiger partial charge in [0.05, 0.1) is 12.8 Å². The van der Waals surface area contributed by atoms with Gasteiger partial charge in [0, 0.05) is 12.5 Å². The quantitative estimate of drug-likeness (QED) is 0.925. The summed E-state index contributed by atoms with van der Waals surface area (Å²) in [6, 6.07) is 3.58. The summed E-state index contributed by atoms with van der Waals surface area (Å²) in [6.07, 6.45) is 8.40. The van der Waals surface area contributed by atoms with Crippen LogP contribution in [0, 0.1) is 0 Å². The van der Waals surface area contributed by atoms with Crippen molar-refractivity contribution >= 4 is 11.8 Å². The van der Waals surface area contributed by atoms with Crippen LogP contribution in [0.2, 0.25) is 0 Å². The van der Waals surface area contributed by atoms with Crippen LogP contribution in [-0.2, 0) is 16.1 Å². The molecule has 3 rings (SSSR count). The van der Waals surface area contributed by atoms with E-state index in [1.807, 2.05) is 6.07 Å². The minimum atomic E-state index is -0.343. The van der Waals surface area contributed by atoms with E-state index in [2.05, 4.69) is 5.32 Å². The van der Waals surface area contributed by atoms with Gasteiger partial charge in [-0.05, 0) is 31.4 Å². The molecule has 0 spiro atoms. The average Bonchev–Trinajstić information content (AvgIpc) is 3.12. The van der Waals surface area contributed by atoms with E-state index >= 15 is 0 Å². The fraction of sp³-hybridized carbons (Fsp3) is 0.625. The highest BCUT2D eigenvalue weighted by molar-refractivity contribution is 5.91. The molecule has 5 nitrogen and oxygen atoms in total. The molecule has 1 saturated carbocycles. The summed E-state index contributed by atoms with van der Waals surface area (Å²) in [5.74, 6) is 0.759. The number of carbonyl (C=O) groups is 2. The van der Waals surface area contributed by atoms with Crippen LogP contribution in [0.25, 0.3) is 0 Å². The average molecular weight is 290 g/mol. The van der Waals surface area contributed by atoms with Crippen molar-refractivity contribution in [2.24, 2.45) is 0 Å². The molecule has 21 heavy (non-hydrogen) atoms. The van der Waals surface area contributed by atoms with Crippen LogP contribution in [0.3, 0.4) is 0 Å². The first-order valence-electron chi connectivity index (χ1n) is 7.86. The third-order valence-electron chi connectivity index (χ3n) is 4.49. The molecule has 1 N–H and O–H groups in total. The van der Waals surface area contributed by atoms with Crippen LogP contribution < -0.4 is 5.32 Å². The number of furan rings is 1. The monoisotopic (exact) mass is 290 g/mol. The van der Waals surface area contributed by atoms with Gasteiger partial charge in [-0.1, -0.05) is 19.3 Å². The highest BCUT2D eigenvalue weighted by atomic mass is 16.3. The van der Waals surface area contributed by atoms with Crippen molar-refractivity contribution in [1.82, 2.24) is 10.2 Å². The summed E-state index contributed by atoms with van der Waals surface area (Å²) in [5.41, 5.74) is 0. The Labute approximate surface area is 124 Å². The van der Waals surface area contributed by atoms with Gasteiger partial charge in [0.2, 0.25) is 11.8 Å². The number of hydrogen-bond acceptors (Lipinski definition) is 3. The van der Waals surface area contributed by atoms with Crippen LogP contribution in [-0.4, -0.2) is 28.8 Å². The van der Waals surface area contributed by atoms with Crippen LogP contribution >= 0.6 is 0 Å². The van der Waals surface area contributed by atoms with E-state index in [9.17, 15) is 9.59 Å². The summed E-state index contributed by atoms with van der Waals surface area (Å²) in [7, 11) is 0. The predicted octanol–water partition coefficient (Wildman–Crippen LogP) is 2.22. The highest BCUT2D eigenvalue weighted by Crippen LogP contribution is 2.23. The molecule has 1 aromatic heterocycles. The molecule has 2 amide bonds. The Morgan fingerprint density at radius 3 is 2.81 bits per heavy atom. The lowest BCUT2D eigenvalue weighted by atomic mass is 9.95. The van der Waals surface area contributed by atoms with E-state index in [0.29, 0.717) is 19.4 Å². The molecule has 1 aliphatic heterocycles.